The molecule has 2 rings (SSSR count). The molecule has 1 fully saturated rings. The van der Waals surface area contributed by atoms with Crippen LogP contribution in [0, 0.1) is 0 Å². The number of benzene rings is 1. The van der Waals surface area contributed by atoms with E-state index in [-0.39, 0.29) is 23.8 Å². The molecule has 0 atom stereocenters. The summed E-state index contributed by atoms with van der Waals surface area (Å²) < 4.78 is 5.31. The third kappa shape index (κ3) is 6.18. The highest BCUT2D eigenvalue weighted by atomic mass is 35.5. The first-order chi connectivity index (χ1) is 12.2. The van der Waals surface area contributed by atoms with Crippen LogP contribution in [0.15, 0.2) is 18.2 Å². The summed E-state index contributed by atoms with van der Waals surface area (Å²) in [5.74, 6) is 0.727. The zero-order valence-corrected chi connectivity index (χ0v) is 16.7. The molecule has 0 aromatic heterocycles. The second kappa shape index (κ2) is 8.73. The number of carbonyl (C=O) groups is 2. The molecule has 0 saturated carbocycles. The van der Waals surface area contributed by atoms with Crippen LogP contribution in [-0.2, 0) is 16.0 Å². The van der Waals surface area contributed by atoms with Gasteiger partial charge in [0.2, 0.25) is 11.8 Å². The summed E-state index contributed by atoms with van der Waals surface area (Å²) in [5, 5.41) is 3.55. The zero-order valence-electron chi connectivity index (χ0n) is 16.0. The average molecular weight is 382 g/mol. The van der Waals surface area contributed by atoms with Crippen molar-refractivity contribution in [3.05, 3.63) is 28.8 Å². The maximum absolute atomic E-state index is 12.6. The SMILES string of the molecule is COc1ccc(Cl)cc1CC(=O)N1CCN(CC(=O)NC(C)(C)C)CC1. The lowest BCUT2D eigenvalue weighted by molar-refractivity contribution is -0.132. The molecule has 144 valence electrons. The Labute approximate surface area is 160 Å². The molecule has 1 aromatic carbocycles. The molecule has 0 bridgehead atoms. The van der Waals surface area contributed by atoms with Crippen LogP contribution < -0.4 is 10.1 Å². The number of hydrogen-bond donors (Lipinski definition) is 1. The molecule has 0 aliphatic carbocycles. The standard InChI is InChI=1S/C19H28ClN3O3/c1-19(2,3)21-17(24)13-22-7-9-23(10-8-22)18(25)12-14-11-15(20)5-6-16(14)26-4/h5-6,11H,7-10,12-13H2,1-4H3,(H,21,24). The van der Waals surface area contributed by atoms with E-state index in [1.54, 1.807) is 25.3 Å². The number of carbonyl (C=O) groups excluding carboxylic acids is 2. The molecule has 26 heavy (non-hydrogen) atoms. The van der Waals surface area contributed by atoms with Gasteiger partial charge >= 0.3 is 0 Å². The van der Waals surface area contributed by atoms with Gasteiger partial charge in [0.05, 0.1) is 20.1 Å². The van der Waals surface area contributed by atoms with Gasteiger partial charge in [0.25, 0.3) is 0 Å². The number of nitrogens with one attached hydrogen (secondary N) is 1. The van der Waals surface area contributed by atoms with E-state index in [2.05, 4.69) is 10.2 Å². The molecule has 7 heteroatoms. The zero-order chi connectivity index (χ0) is 19.3. The number of halogens is 1. The van der Waals surface area contributed by atoms with Gasteiger partial charge in [-0.1, -0.05) is 11.6 Å². The third-order valence-electron chi connectivity index (χ3n) is 4.19. The highest BCUT2D eigenvalue weighted by Gasteiger charge is 2.24. The minimum absolute atomic E-state index is 0.0148. The minimum atomic E-state index is -0.231. The van der Waals surface area contributed by atoms with Gasteiger partial charge in [-0.15, -0.1) is 0 Å². The van der Waals surface area contributed by atoms with E-state index in [1.165, 1.54) is 0 Å². The van der Waals surface area contributed by atoms with Crippen LogP contribution in [0.25, 0.3) is 0 Å². The predicted octanol–water partition coefficient (Wildman–Crippen LogP) is 1.95. The topological polar surface area (TPSA) is 61.9 Å². The second-order valence-corrected chi connectivity index (χ2v) is 8.02. The van der Waals surface area contributed by atoms with Crippen LogP contribution in [0.3, 0.4) is 0 Å². The summed E-state index contributed by atoms with van der Waals surface area (Å²) in [6, 6.07) is 5.29. The number of hydrogen-bond acceptors (Lipinski definition) is 4. The van der Waals surface area contributed by atoms with E-state index >= 15 is 0 Å². The van der Waals surface area contributed by atoms with E-state index in [0.717, 1.165) is 5.56 Å². The molecule has 1 N–H and O–H groups in total. The molecule has 0 spiro atoms. The Hall–Kier alpha value is -1.79. The van der Waals surface area contributed by atoms with Gasteiger partial charge in [-0.25, -0.2) is 0 Å². The summed E-state index contributed by atoms with van der Waals surface area (Å²) in [5.41, 5.74) is 0.558. The maximum atomic E-state index is 12.6. The summed E-state index contributed by atoms with van der Waals surface area (Å²) in [7, 11) is 1.58. The summed E-state index contributed by atoms with van der Waals surface area (Å²) >= 11 is 6.03. The van der Waals surface area contributed by atoms with Crippen LogP contribution in [-0.4, -0.2) is 67.0 Å². The highest BCUT2D eigenvalue weighted by Crippen LogP contribution is 2.23. The molecule has 0 radical (unpaired) electrons. The van der Waals surface area contributed by atoms with Crippen molar-refractivity contribution >= 4 is 23.4 Å². The van der Waals surface area contributed by atoms with E-state index in [4.69, 9.17) is 16.3 Å². The number of methoxy groups -OCH3 is 1. The largest absolute Gasteiger partial charge is 0.496 e. The molecule has 1 aromatic rings. The first-order valence-electron chi connectivity index (χ1n) is 8.81. The van der Waals surface area contributed by atoms with Gasteiger partial charge in [0, 0.05) is 42.3 Å². The van der Waals surface area contributed by atoms with Crippen LogP contribution in [0.1, 0.15) is 26.3 Å². The molecular formula is C19H28ClN3O3. The van der Waals surface area contributed by atoms with E-state index in [9.17, 15) is 9.59 Å². The van der Waals surface area contributed by atoms with Gasteiger partial charge in [0.15, 0.2) is 0 Å². The molecule has 0 unspecified atom stereocenters. The van der Waals surface area contributed by atoms with Gasteiger partial charge in [0.1, 0.15) is 5.75 Å². The van der Waals surface area contributed by atoms with E-state index < -0.39 is 0 Å². The van der Waals surface area contributed by atoms with Gasteiger partial charge < -0.3 is 15.0 Å². The van der Waals surface area contributed by atoms with Gasteiger partial charge in [-0.3, -0.25) is 14.5 Å². The Morgan fingerprint density at radius 2 is 1.85 bits per heavy atom. The van der Waals surface area contributed by atoms with Crippen molar-refractivity contribution in [3.8, 4) is 5.75 Å². The van der Waals surface area contributed by atoms with Gasteiger partial charge in [-0.2, -0.15) is 0 Å². The van der Waals surface area contributed by atoms with Crippen LogP contribution >= 0.6 is 11.6 Å². The smallest absolute Gasteiger partial charge is 0.234 e. The fourth-order valence-electron chi connectivity index (χ4n) is 2.98. The first kappa shape index (κ1) is 20.5. The van der Waals surface area contributed by atoms with Crippen LogP contribution in [0.4, 0.5) is 0 Å². The highest BCUT2D eigenvalue weighted by molar-refractivity contribution is 6.30. The number of piperazine rings is 1. The number of ether oxygens (including phenoxy) is 1. The first-order valence-corrected chi connectivity index (χ1v) is 9.19. The molecule has 2 amide bonds. The Balaban J connectivity index is 1.85. The fraction of sp³-hybridized carbons (Fsp3) is 0.579. The van der Waals surface area contributed by atoms with Crippen molar-refractivity contribution in [2.24, 2.45) is 0 Å². The molecule has 1 saturated heterocycles. The van der Waals surface area contributed by atoms with Crippen molar-refractivity contribution in [3.63, 3.8) is 0 Å². The fourth-order valence-corrected chi connectivity index (χ4v) is 3.17. The third-order valence-corrected chi connectivity index (χ3v) is 4.43. The minimum Gasteiger partial charge on any atom is -0.496 e. The van der Waals surface area contributed by atoms with Crippen molar-refractivity contribution in [1.82, 2.24) is 15.1 Å². The lowest BCUT2D eigenvalue weighted by atomic mass is 10.1. The molecular weight excluding hydrogens is 354 g/mol. The molecule has 1 aliphatic heterocycles. The van der Waals surface area contributed by atoms with Crippen LogP contribution in [0.2, 0.25) is 5.02 Å². The summed E-state index contributed by atoms with van der Waals surface area (Å²) in [4.78, 5) is 28.5. The Kier molecular flexibility index (Phi) is 6.89. The average Bonchev–Trinajstić information content (AvgIpc) is 2.54. The Morgan fingerprint density at radius 1 is 1.19 bits per heavy atom. The number of nitrogens with zero attached hydrogens (tertiary/aromatic N) is 2. The van der Waals surface area contributed by atoms with E-state index in [0.29, 0.717) is 43.5 Å². The summed E-state index contributed by atoms with van der Waals surface area (Å²) in [6.45, 7) is 8.87. The monoisotopic (exact) mass is 381 g/mol. The van der Waals surface area contributed by atoms with Crippen molar-refractivity contribution in [2.75, 3.05) is 39.8 Å². The predicted molar refractivity (Wildman–Crippen MR) is 103 cm³/mol. The molecule has 1 aliphatic rings. The van der Waals surface area contributed by atoms with Crippen molar-refractivity contribution in [2.45, 2.75) is 32.7 Å². The summed E-state index contributed by atoms with van der Waals surface area (Å²) in [6.07, 6.45) is 0.258. The Morgan fingerprint density at radius 3 is 2.42 bits per heavy atom. The second-order valence-electron chi connectivity index (χ2n) is 7.59. The Bertz CT molecular complexity index is 650. The van der Waals surface area contributed by atoms with E-state index in [1.807, 2.05) is 25.7 Å². The number of rotatable bonds is 5. The normalized spacial score (nSPS) is 15.7. The molecule has 6 nitrogen and oxygen atoms in total. The van der Waals surface area contributed by atoms with Crippen molar-refractivity contribution in [1.29, 1.82) is 0 Å². The van der Waals surface area contributed by atoms with Gasteiger partial charge in [-0.05, 0) is 39.0 Å². The molecule has 1 heterocycles. The number of amides is 2. The lowest BCUT2D eigenvalue weighted by Crippen LogP contribution is -2.53. The lowest BCUT2D eigenvalue weighted by Gasteiger charge is -2.35. The quantitative estimate of drug-likeness (QED) is 0.846. The maximum Gasteiger partial charge on any atom is 0.234 e. The van der Waals surface area contributed by atoms with Crippen molar-refractivity contribution < 1.29 is 14.3 Å². The van der Waals surface area contributed by atoms with Crippen LogP contribution in [0.5, 0.6) is 5.75 Å².